The number of nitrogens with zero attached hydrogens (tertiary/aromatic N) is 2. The lowest BCUT2D eigenvalue weighted by Crippen LogP contribution is -2.30. The zero-order chi connectivity index (χ0) is 18.5. The molecule has 3 rings (SSSR count). The number of carbonyl (C=O) groups excluding carboxylic acids is 1. The van der Waals surface area contributed by atoms with Gasteiger partial charge in [-0.3, -0.25) is 9.78 Å². The van der Waals surface area contributed by atoms with E-state index in [0.29, 0.717) is 18.9 Å². The number of benzene rings is 1. The first-order valence-electron chi connectivity index (χ1n) is 8.63. The monoisotopic (exact) mass is 354 g/mol. The van der Waals surface area contributed by atoms with Gasteiger partial charge in [0.05, 0.1) is 19.1 Å². The molecule has 26 heavy (non-hydrogen) atoms. The standard InChI is InChI=1S/C20H22N2O4/c1-26-18-4-2-14(3-5-18)10-19(23)22-7-6-15(13-22)8-16-9-17(20(24)25)12-21-11-16/h2-5,9,11-12,15H,6-8,10,13H2,1H3,(H,24,25). The maximum atomic E-state index is 12.5. The molecule has 6 heteroatoms. The van der Waals surface area contributed by atoms with Crippen LogP contribution in [-0.2, 0) is 17.6 Å². The van der Waals surface area contributed by atoms with Crippen molar-refractivity contribution in [1.29, 1.82) is 0 Å². The van der Waals surface area contributed by atoms with Crippen LogP contribution in [-0.4, -0.2) is 47.1 Å². The summed E-state index contributed by atoms with van der Waals surface area (Å²) in [5, 5.41) is 9.06. The second-order valence-corrected chi connectivity index (χ2v) is 6.61. The molecular weight excluding hydrogens is 332 g/mol. The molecule has 2 aromatic rings. The Hall–Kier alpha value is -2.89. The van der Waals surface area contributed by atoms with E-state index in [2.05, 4.69) is 4.98 Å². The second-order valence-electron chi connectivity index (χ2n) is 6.61. The quantitative estimate of drug-likeness (QED) is 0.862. The Morgan fingerprint density at radius 3 is 2.69 bits per heavy atom. The first-order chi connectivity index (χ1) is 12.5. The number of pyridine rings is 1. The van der Waals surface area contributed by atoms with Gasteiger partial charge in [0.1, 0.15) is 5.75 Å². The number of ether oxygens (including phenoxy) is 1. The van der Waals surface area contributed by atoms with Gasteiger partial charge in [-0.2, -0.15) is 0 Å². The lowest BCUT2D eigenvalue weighted by atomic mass is 9.99. The number of likely N-dealkylation sites (tertiary alicyclic amines) is 1. The predicted octanol–water partition coefficient (Wildman–Crippen LogP) is 2.42. The molecule has 1 fully saturated rings. The summed E-state index contributed by atoms with van der Waals surface area (Å²) in [5.41, 5.74) is 2.07. The summed E-state index contributed by atoms with van der Waals surface area (Å²) in [6, 6.07) is 9.20. The summed E-state index contributed by atoms with van der Waals surface area (Å²) in [6.07, 6.45) is 5.10. The van der Waals surface area contributed by atoms with Gasteiger partial charge < -0.3 is 14.7 Å². The van der Waals surface area contributed by atoms with Crippen molar-refractivity contribution in [2.75, 3.05) is 20.2 Å². The van der Waals surface area contributed by atoms with Crippen LogP contribution < -0.4 is 4.74 Å². The molecule has 1 saturated heterocycles. The average Bonchev–Trinajstić information content (AvgIpc) is 3.11. The van der Waals surface area contributed by atoms with Crippen LogP contribution in [0.1, 0.15) is 27.9 Å². The fraction of sp³-hybridized carbons (Fsp3) is 0.350. The molecule has 0 bridgehead atoms. The lowest BCUT2D eigenvalue weighted by Gasteiger charge is -2.17. The van der Waals surface area contributed by atoms with E-state index >= 15 is 0 Å². The van der Waals surface area contributed by atoms with E-state index in [0.717, 1.165) is 36.3 Å². The molecule has 0 spiro atoms. The molecule has 0 radical (unpaired) electrons. The molecule has 1 unspecified atom stereocenters. The highest BCUT2D eigenvalue weighted by atomic mass is 16.5. The van der Waals surface area contributed by atoms with Crippen LogP contribution in [0.5, 0.6) is 5.75 Å². The molecule has 0 aliphatic carbocycles. The molecule has 1 aromatic heterocycles. The minimum absolute atomic E-state index is 0.120. The number of carboxylic acids is 1. The van der Waals surface area contributed by atoms with Gasteiger partial charge in [0, 0.05) is 25.5 Å². The Labute approximate surface area is 152 Å². The van der Waals surface area contributed by atoms with Crippen molar-refractivity contribution in [3.8, 4) is 5.75 Å². The number of carbonyl (C=O) groups is 2. The molecule has 1 atom stereocenters. The maximum Gasteiger partial charge on any atom is 0.337 e. The minimum Gasteiger partial charge on any atom is -0.497 e. The van der Waals surface area contributed by atoms with E-state index in [9.17, 15) is 9.59 Å². The van der Waals surface area contributed by atoms with Gasteiger partial charge in [-0.1, -0.05) is 12.1 Å². The van der Waals surface area contributed by atoms with Crippen molar-refractivity contribution in [2.45, 2.75) is 19.3 Å². The Bertz CT molecular complexity index is 789. The summed E-state index contributed by atoms with van der Waals surface area (Å²) in [7, 11) is 1.62. The van der Waals surface area contributed by atoms with Crippen molar-refractivity contribution in [2.24, 2.45) is 5.92 Å². The zero-order valence-corrected chi connectivity index (χ0v) is 14.7. The molecule has 1 aromatic carbocycles. The number of aromatic carboxylic acids is 1. The summed E-state index contributed by atoms with van der Waals surface area (Å²) >= 11 is 0. The second kappa shape index (κ2) is 7.99. The van der Waals surface area contributed by atoms with Gasteiger partial charge in [-0.05, 0) is 48.1 Å². The average molecular weight is 354 g/mol. The van der Waals surface area contributed by atoms with Crippen LogP contribution in [0.4, 0.5) is 0 Å². The maximum absolute atomic E-state index is 12.5. The fourth-order valence-corrected chi connectivity index (χ4v) is 3.31. The van der Waals surface area contributed by atoms with E-state index in [1.54, 1.807) is 19.4 Å². The largest absolute Gasteiger partial charge is 0.497 e. The molecule has 1 aliphatic heterocycles. The summed E-state index contributed by atoms with van der Waals surface area (Å²) in [5.74, 6) is 0.262. The van der Waals surface area contributed by atoms with Crippen molar-refractivity contribution >= 4 is 11.9 Å². The molecule has 1 aliphatic rings. The highest BCUT2D eigenvalue weighted by Gasteiger charge is 2.26. The molecule has 1 amide bonds. The predicted molar refractivity (Wildman–Crippen MR) is 96.3 cm³/mol. The Morgan fingerprint density at radius 2 is 2.00 bits per heavy atom. The first-order valence-corrected chi connectivity index (χ1v) is 8.63. The molecule has 6 nitrogen and oxygen atoms in total. The van der Waals surface area contributed by atoms with E-state index in [1.165, 1.54) is 6.20 Å². The minimum atomic E-state index is -0.970. The van der Waals surface area contributed by atoms with Gasteiger partial charge in [-0.15, -0.1) is 0 Å². The van der Waals surface area contributed by atoms with Crippen LogP contribution in [0, 0.1) is 5.92 Å². The van der Waals surface area contributed by atoms with E-state index in [1.807, 2.05) is 29.2 Å². The van der Waals surface area contributed by atoms with Crippen LogP contribution in [0.2, 0.25) is 0 Å². The number of carboxylic acid groups (broad SMARTS) is 1. The van der Waals surface area contributed by atoms with Crippen molar-refractivity contribution in [3.63, 3.8) is 0 Å². The van der Waals surface area contributed by atoms with Crippen LogP contribution >= 0.6 is 0 Å². The van der Waals surface area contributed by atoms with Crippen molar-refractivity contribution in [1.82, 2.24) is 9.88 Å². The molecule has 136 valence electrons. The zero-order valence-electron chi connectivity index (χ0n) is 14.7. The molecule has 1 N–H and O–H groups in total. The van der Waals surface area contributed by atoms with Crippen LogP contribution in [0.3, 0.4) is 0 Å². The molecule has 0 saturated carbocycles. The number of rotatable bonds is 6. The Morgan fingerprint density at radius 1 is 1.23 bits per heavy atom. The fourth-order valence-electron chi connectivity index (χ4n) is 3.31. The van der Waals surface area contributed by atoms with Gasteiger partial charge in [0.2, 0.25) is 5.91 Å². The van der Waals surface area contributed by atoms with Crippen LogP contribution in [0.15, 0.2) is 42.7 Å². The normalized spacial score (nSPS) is 16.5. The summed E-state index contributed by atoms with van der Waals surface area (Å²) < 4.78 is 5.13. The number of aromatic nitrogens is 1. The number of hydrogen-bond donors (Lipinski definition) is 1. The topological polar surface area (TPSA) is 79.7 Å². The van der Waals surface area contributed by atoms with Gasteiger partial charge in [0.25, 0.3) is 0 Å². The Kier molecular flexibility index (Phi) is 5.51. The Balaban J connectivity index is 1.55. The number of hydrogen-bond acceptors (Lipinski definition) is 4. The summed E-state index contributed by atoms with van der Waals surface area (Å²) in [4.78, 5) is 29.5. The van der Waals surface area contributed by atoms with Crippen molar-refractivity contribution < 1.29 is 19.4 Å². The van der Waals surface area contributed by atoms with Gasteiger partial charge in [-0.25, -0.2) is 4.79 Å². The van der Waals surface area contributed by atoms with E-state index in [4.69, 9.17) is 9.84 Å². The summed E-state index contributed by atoms with van der Waals surface area (Å²) in [6.45, 7) is 1.44. The van der Waals surface area contributed by atoms with Crippen LogP contribution in [0.25, 0.3) is 0 Å². The highest BCUT2D eigenvalue weighted by molar-refractivity contribution is 5.87. The van der Waals surface area contributed by atoms with E-state index < -0.39 is 5.97 Å². The third-order valence-electron chi connectivity index (χ3n) is 4.72. The lowest BCUT2D eigenvalue weighted by molar-refractivity contribution is -0.129. The van der Waals surface area contributed by atoms with Gasteiger partial charge >= 0.3 is 5.97 Å². The van der Waals surface area contributed by atoms with Crippen molar-refractivity contribution in [3.05, 3.63) is 59.4 Å². The number of amides is 1. The van der Waals surface area contributed by atoms with Gasteiger partial charge in [0.15, 0.2) is 0 Å². The smallest absolute Gasteiger partial charge is 0.337 e. The number of methoxy groups -OCH3 is 1. The van der Waals surface area contributed by atoms with E-state index in [-0.39, 0.29) is 11.5 Å². The highest BCUT2D eigenvalue weighted by Crippen LogP contribution is 2.22. The first kappa shape index (κ1) is 17.9. The molecular formula is C20H22N2O4. The SMILES string of the molecule is COc1ccc(CC(=O)N2CCC(Cc3cncc(C(=O)O)c3)C2)cc1. The molecule has 2 heterocycles. The third-order valence-corrected chi connectivity index (χ3v) is 4.72. The third kappa shape index (κ3) is 4.39.